The van der Waals surface area contributed by atoms with Crippen molar-refractivity contribution < 1.29 is 18.8 Å². The van der Waals surface area contributed by atoms with Crippen LogP contribution in [0.1, 0.15) is 55.8 Å². The lowest BCUT2D eigenvalue weighted by atomic mass is 10.1. The molecule has 2 amide bonds. The summed E-state index contributed by atoms with van der Waals surface area (Å²) in [6, 6.07) is 6.19. The SMILES string of the molecule is COc1cc(C(=O)NCC(C)N(C)C)ccc1NC1=NC2=C(C[N+]13CCC3)N(C)C(=O)CCN2C1CCCC1. The molecule has 1 saturated heterocycles. The average molecular weight is 539 g/mol. The summed E-state index contributed by atoms with van der Waals surface area (Å²) in [5.41, 5.74) is 2.39. The second-order valence-corrected chi connectivity index (χ2v) is 11.7. The first-order valence-corrected chi connectivity index (χ1v) is 14.3. The molecule has 2 N–H and O–H groups in total. The Balaban J connectivity index is 1.44. The molecule has 1 aromatic carbocycles. The molecule has 10 heteroatoms. The number of hydrogen-bond acceptors (Lipinski definition) is 7. The van der Waals surface area contributed by atoms with Crippen molar-refractivity contribution in [3.63, 3.8) is 0 Å². The Bertz CT molecular complexity index is 1170. The van der Waals surface area contributed by atoms with Crippen molar-refractivity contribution in [2.45, 2.75) is 57.5 Å². The van der Waals surface area contributed by atoms with Gasteiger partial charge in [0.05, 0.1) is 25.9 Å². The molecule has 1 spiro atoms. The lowest BCUT2D eigenvalue weighted by Gasteiger charge is -2.48. The van der Waals surface area contributed by atoms with E-state index in [1.54, 1.807) is 13.2 Å². The molecule has 4 aliphatic rings. The van der Waals surface area contributed by atoms with E-state index in [1.165, 1.54) is 12.8 Å². The highest BCUT2D eigenvalue weighted by Gasteiger charge is 2.49. The first kappa shape index (κ1) is 27.5. The number of carbonyl (C=O) groups excluding carboxylic acids is 2. The Morgan fingerprint density at radius 1 is 1.23 bits per heavy atom. The van der Waals surface area contributed by atoms with Crippen molar-refractivity contribution in [2.24, 2.45) is 4.99 Å². The monoisotopic (exact) mass is 538 g/mol. The van der Waals surface area contributed by atoms with Gasteiger partial charge in [0.25, 0.3) is 5.91 Å². The summed E-state index contributed by atoms with van der Waals surface area (Å²) < 4.78 is 6.43. The zero-order valence-corrected chi connectivity index (χ0v) is 24.1. The number of anilines is 1. The Hall–Kier alpha value is -3.11. The van der Waals surface area contributed by atoms with Crippen molar-refractivity contribution in [3.8, 4) is 5.75 Å². The summed E-state index contributed by atoms with van der Waals surface area (Å²) in [5.74, 6) is 2.48. The quantitative estimate of drug-likeness (QED) is 0.519. The number of amides is 2. The van der Waals surface area contributed by atoms with Gasteiger partial charge in [-0.05, 0) is 52.1 Å². The maximum Gasteiger partial charge on any atom is 0.309 e. The van der Waals surface area contributed by atoms with Gasteiger partial charge >= 0.3 is 5.96 Å². The normalized spacial score (nSPS) is 21.9. The summed E-state index contributed by atoms with van der Waals surface area (Å²) in [5, 5.41) is 6.62. The second-order valence-electron chi connectivity index (χ2n) is 11.7. The van der Waals surface area contributed by atoms with E-state index in [4.69, 9.17) is 9.73 Å². The molecule has 1 aromatic rings. The third-order valence-corrected chi connectivity index (χ3v) is 9.08. The summed E-state index contributed by atoms with van der Waals surface area (Å²) in [6.07, 6.45) is 6.40. The number of methoxy groups -OCH3 is 1. The van der Waals surface area contributed by atoms with Gasteiger partial charge < -0.3 is 24.8 Å². The lowest BCUT2D eigenvalue weighted by Crippen LogP contribution is -2.66. The van der Waals surface area contributed by atoms with E-state index in [0.717, 1.165) is 62.1 Å². The minimum absolute atomic E-state index is 0.122. The predicted octanol–water partition coefficient (Wildman–Crippen LogP) is 2.65. The third-order valence-electron chi connectivity index (χ3n) is 9.08. The van der Waals surface area contributed by atoms with Crippen LogP contribution in [0.15, 0.2) is 34.7 Å². The average Bonchev–Trinajstić information content (AvgIpc) is 3.41. The van der Waals surface area contributed by atoms with E-state index in [1.807, 2.05) is 38.2 Å². The van der Waals surface area contributed by atoms with Crippen LogP contribution >= 0.6 is 0 Å². The van der Waals surface area contributed by atoms with Crippen LogP contribution in [0, 0.1) is 0 Å². The van der Waals surface area contributed by atoms with Gasteiger partial charge in [-0.2, -0.15) is 4.99 Å². The zero-order valence-electron chi connectivity index (χ0n) is 24.1. The van der Waals surface area contributed by atoms with Gasteiger partial charge in [-0.3, -0.25) is 19.4 Å². The maximum atomic E-state index is 12.9. The van der Waals surface area contributed by atoms with Crippen LogP contribution in [0.4, 0.5) is 5.69 Å². The van der Waals surface area contributed by atoms with Crippen molar-refractivity contribution in [1.29, 1.82) is 0 Å². The molecule has 39 heavy (non-hydrogen) atoms. The van der Waals surface area contributed by atoms with E-state index in [9.17, 15) is 9.59 Å². The molecule has 1 aliphatic carbocycles. The number of nitrogens with one attached hydrogen (secondary N) is 2. The third kappa shape index (κ3) is 5.36. The fourth-order valence-electron chi connectivity index (χ4n) is 6.04. The molecule has 5 rings (SSSR count). The summed E-state index contributed by atoms with van der Waals surface area (Å²) in [4.78, 5) is 37.4. The number of benzene rings is 1. The van der Waals surface area contributed by atoms with Gasteiger partial charge in [0.2, 0.25) is 5.91 Å². The van der Waals surface area contributed by atoms with Crippen LogP contribution in [-0.2, 0) is 4.79 Å². The number of carbonyl (C=O) groups is 2. The van der Waals surface area contributed by atoms with Crippen LogP contribution < -0.4 is 15.4 Å². The highest BCUT2D eigenvalue weighted by molar-refractivity contribution is 5.97. The smallest absolute Gasteiger partial charge is 0.309 e. The fraction of sp³-hybridized carbons (Fsp3) is 0.621. The van der Waals surface area contributed by atoms with Crippen molar-refractivity contribution in [3.05, 3.63) is 35.3 Å². The van der Waals surface area contributed by atoms with Gasteiger partial charge in [-0.15, -0.1) is 0 Å². The lowest BCUT2D eigenvalue weighted by molar-refractivity contribution is -0.878. The molecule has 1 unspecified atom stereocenters. The van der Waals surface area contributed by atoms with Gasteiger partial charge in [-0.1, -0.05) is 12.8 Å². The largest absolute Gasteiger partial charge is 0.495 e. The number of nitrogens with zero attached hydrogens (tertiary/aromatic N) is 5. The predicted molar refractivity (Wildman–Crippen MR) is 152 cm³/mol. The Morgan fingerprint density at radius 3 is 2.62 bits per heavy atom. The molecule has 10 nitrogen and oxygen atoms in total. The Labute approximate surface area is 232 Å². The molecule has 3 heterocycles. The molecule has 0 radical (unpaired) electrons. The number of likely N-dealkylation sites (N-methyl/N-ethyl adjacent to an activating group) is 2. The number of hydrogen-bond donors (Lipinski definition) is 2. The highest BCUT2D eigenvalue weighted by atomic mass is 16.5. The van der Waals surface area contributed by atoms with Crippen LogP contribution in [0.5, 0.6) is 5.75 Å². The van der Waals surface area contributed by atoms with Gasteiger partial charge in [0.15, 0.2) is 5.82 Å². The van der Waals surface area contributed by atoms with Crippen molar-refractivity contribution in [2.75, 3.05) is 66.3 Å². The number of rotatable bonds is 7. The molecule has 3 aliphatic heterocycles. The van der Waals surface area contributed by atoms with Gasteiger partial charge in [0, 0.05) is 50.6 Å². The summed E-state index contributed by atoms with van der Waals surface area (Å²) in [6.45, 7) is 6.05. The topological polar surface area (TPSA) is 89.5 Å². The van der Waals surface area contributed by atoms with Crippen molar-refractivity contribution >= 4 is 23.5 Å². The minimum Gasteiger partial charge on any atom is -0.495 e. The first-order valence-electron chi connectivity index (χ1n) is 14.3. The standard InChI is InChI=1S/C29H43N7O3/c1-20(33(2)3)18-30-28(38)21-11-12-23(25(17-21)39-5)31-29-32-27-24(19-36(29)15-8-16-36)34(4)26(37)13-14-35(27)22-9-6-7-10-22/h11-12,17,20,22H,6-10,13-16,18-19H2,1-5H3,(H-,30,31,32,38)/p+1. The molecular weight excluding hydrogens is 494 g/mol. The van der Waals surface area contributed by atoms with Crippen LogP contribution in [0.3, 0.4) is 0 Å². The fourth-order valence-corrected chi connectivity index (χ4v) is 6.04. The summed E-state index contributed by atoms with van der Waals surface area (Å²) >= 11 is 0. The van der Waals surface area contributed by atoms with E-state index < -0.39 is 0 Å². The number of ether oxygens (including phenoxy) is 1. The summed E-state index contributed by atoms with van der Waals surface area (Å²) in [7, 11) is 7.53. The van der Waals surface area contributed by atoms with Crippen molar-refractivity contribution in [1.82, 2.24) is 20.0 Å². The van der Waals surface area contributed by atoms with E-state index in [2.05, 4.69) is 27.4 Å². The van der Waals surface area contributed by atoms with Crippen LogP contribution in [0.2, 0.25) is 0 Å². The molecule has 212 valence electrons. The maximum absolute atomic E-state index is 12.9. The number of guanidine groups is 1. The van der Waals surface area contributed by atoms with E-state index in [0.29, 0.717) is 41.3 Å². The van der Waals surface area contributed by atoms with E-state index >= 15 is 0 Å². The highest BCUT2D eigenvalue weighted by Crippen LogP contribution is 2.38. The van der Waals surface area contributed by atoms with Gasteiger partial charge in [0.1, 0.15) is 18.0 Å². The van der Waals surface area contributed by atoms with Gasteiger partial charge in [-0.25, -0.2) is 0 Å². The molecule has 1 saturated carbocycles. The number of aliphatic imine (C=N–C) groups is 1. The molecular formula is C29H44N7O3+. The zero-order chi connectivity index (χ0) is 27.7. The molecule has 1 atom stereocenters. The molecule has 0 aromatic heterocycles. The van der Waals surface area contributed by atoms with Crippen LogP contribution in [-0.4, -0.2) is 110 Å². The minimum atomic E-state index is -0.122. The number of quaternary nitrogens is 1. The van der Waals surface area contributed by atoms with Crippen LogP contribution in [0.25, 0.3) is 0 Å². The first-order chi connectivity index (χ1) is 18.7. The Morgan fingerprint density at radius 2 is 1.97 bits per heavy atom. The Kier molecular flexibility index (Phi) is 7.87. The van der Waals surface area contributed by atoms with E-state index in [-0.39, 0.29) is 17.9 Å². The molecule has 2 fully saturated rings. The second kappa shape index (κ2) is 11.2. The molecule has 0 bridgehead atoms.